The molecule has 1 aromatic carbocycles. The minimum Gasteiger partial charge on any atom is -0.374 e. The number of morpholine rings is 1. The van der Waals surface area contributed by atoms with Crippen molar-refractivity contribution < 1.29 is 4.74 Å². The number of ether oxygens (including phenoxy) is 1. The van der Waals surface area contributed by atoms with E-state index in [1.165, 1.54) is 10.5 Å². The van der Waals surface area contributed by atoms with Gasteiger partial charge in [0.1, 0.15) is 0 Å². The lowest BCUT2D eigenvalue weighted by molar-refractivity contribution is 0.0294. The molecular weight excluding hydrogens is 244 g/mol. The molecule has 0 aliphatic carbocycles. The van der Waals surface area contributed by atoms with Crippen molar-refractivity contribution in [2.24, 2.45) is 0 Å². The van der Waals surface area contributed by atoms with E-state index in [2.05, 4.69) is 41.2 Å². The van der Waals surface area contributed by atoms with Crippen LogP contribution in [-0.4, -0.2) is 45.1 Å². The van der Waals surface area contributed by atoms with E-state index in [-0.39, 0.29) is 0 Å². The fourth-order valence-electron chi connectivity index (χ4n) is 2.04. The van der Waals surface area contributed by atoms with Gasteiger partial charge in [-0.3, -0.25) is 0 Å². The third-order valence-corrected chi connectivity index (χ3v) is 3.87. The van der Waals surface area contributed by atoms with Gasteiger partial charge in [0.15, 0.2) is 0 Å². The van der Waals surface area contributed by atoms with Gasteiger partial charge in [-0.15, -0.1) is 11.8 Å². The molecule has 1 unspecified atom stereocenters. The Morgan fingerprint density at radius 3 is 2.89 bits per heavy atom. The van der Waals surface area contributed by atoms with E-state index in [0.717, 1.165) is 39.2 Å². The van der Waals surface area contributed by atoms with Crippen molar-refractivity contribution in [3.05, 3.63) is 29.8 Å². The maximum Gasteiger partial charge on any atom is 0.0824 e. The molecule has 1 aliphatic rings. The zero-order chi connectivity index (χ0) is 12.6. The van der Waals surface area contributed by atoms with Crippen molar-refractivity contribution in [1.29, 1.82) is 0 Å². The van der Waals surface area contributed by atoms with E-state index >= 15 is 0 Å². The van der Waals surface area contributed by atoms with E-state index in [0.29, 0.717) is 6.10 Å². The first kappa shape index (κ1) is 13.9. The Kier molecular flexibility index (Phi) is 6.00. The maximum absolute atomic E-state index is 5.63. The van der Waals surface area contributed by atoms with Gasteiger partial charge in [0.2, 0.25) is 0 Å². The Labute approximate surface area is 114 Å². The third kappa shape index (κ3) is 4.61. The van der Waals surface area contributed by atoms with Crippen LogP contribution in [0.25, 0.3) is 0 Å². The fourth-order valence-corrected chi connectivity index (χ4v) is 2.45. The van der Waals surface area contributed by atoms with Crippen LogP contribution < -0.4 is 10.6 Å². The second kappa shape index (κ2) is 7.79. The Morgan fingerprint density at radius 1 is 1.39 bits per heavy atom. The molecule has 100 valence electrons. The van der Waals surface area contributed by atoms with Crippen molar-refractivity contribution in [3.63, 3.8) is 0 Å². The predicted octanol–water partition coefficient (Wildman–Crippen LogP) is 1.53. The normalized spacial score (nSPS) is 19.9. The van der Waals surface area contributed by atoms with Gasteiger partial charge in [-0.2, -0.15) is 0 Å². The summed E-state index contributed by atoms with van der Waals surface area (Å²) in [7, 11) is 0. The van der Waals surface area contributed by atoms with Gasteiger partial charge in [-0.05, 0) is 36.9 Å². The molecule has 1 heterocycles. The second-order valence-corrected chi connectivity index (χ2v) is 5.38. The molecule has 0 spiro atoms. The molecule has 18 heavy (non-hydrogen) atoms. The molecule has 1 atom stereocenters. The van der Waals surface area contributed by atoms with Crippen LogP contribution in [0.1, 0.15) is 5.56 Å². The standard InChI is InChI=1S/C14H22N2OS/c1-18-14-4-2-12(3-5-14)6-7-15-10-13-11-16-8-9-17-13/h2-5,13,15-16H,6-11H2,1H3. The zero-order valence-electron chi connectivity index (χ0n) is 10.9. The summed E-state index contributed by atoms with van der Waals surface area (Å²) in [5, 5.41) is 6.80. The van der Waals surface area contributed by atoms with Crippen LogP contribution in [0.4, 0.5) is 0 Å². The monoisotopic (exact) mass is 266 g/mol. The first-order valence-corrected chi connectivity index (χ1v) is 7.77. The molecule has 0 aromatic heterocycles. The largest absolute Gasteiger partial charge is 0.374 e. The van der Waals surface area contributed by atoms with Gasteiger partial charge in [-0.25, -0.2) is 0 Å². The van der Waals surface area contributed by atoms with Gasteiger partial charge < -0.3 is 15.4 Å². The summed E-state index contributed by atoms with van der Waals surface area (Å²) in [4.78, 5) is 1.33. The Morgan fingerprint density at radius 2 is 2.22 bits per heavy atom. The highest BCUT2D eigenvalue weighted by molar-refractivity contribution is 7.98. The fraction of sp³-hybridized carbons (Fsp3) is 0.571. The van der Waals surface area contributed by atoms with Gasteiger partial charge >= 0.3 is 0 Å². The van der Waals surface area contributed by atoms with Crippen LogP contribution in [-0.2, 0) is 11.2 Å². The molecule has 3 nitrogen and oxygen atoms in total. The molecule has 0 saturated carbocycles. The minimum absolute atomic E-state index is 0.331. The summed E-state index contributed by atoms with van der Waals surface area (Å²) in [6.45, 7) is 4.74. The molecule has 1 aliphatic heterocycles. The molecule has 1 saturated heterocycles. The van der Waals surface area contributed by atoms with Crippen LogP contribution in [0, 0.1) is 0 Å². The van der Waals surface area contributed by atoms with Crippen LogP contribution in [0.3, 0.4) is 0 Å². The SMILES string of the molecule is CSc1ccc(CCNCC2CNCCO2)cc1. The highest BCUT2D eigenvalue weighted by atomic mass is 32.2. The summed E-state index contributed by atoms with van der Waals surface area (Å²) in [5.74, 6) is 0. The van der Waals surface area contributed by atoms with Crippen molar-refractivity contribution >= 4 is 11.8 Å². The van der Waals surface area contributed by atoms with E-state index in [9.17, 15) is 0 Å². The first-order valence-electron chi connectivity index (χ1n) is 6.54. The lowest BCUT2D eigenvalue weighted by Gasteiger charge is -2.23. The lowest BCUT2D eigenvalue weighted by Crippen LogP contribution is -2.44. The van der Waals surface area contributed by atoms with Crippen molar-refractivity contribution in [2.75, 3.05) is 39.0 Å². The molecule has 0 amide bonds. The van der Waals surface area contributed by atoms with Gasteiger partial charge in [0.25, 0.3) is 0 Å². The summed E-state index contributed by atoms with van der Waals surface area (Å²) in [6.07, 6.45) is 3.52. The number of nitrogens with one attached hydrogen (secondary N) is 2. The van der Waals surface area contributed by atoms with Crippen LogP contribution in [0.2, 0.25) is 0 Å². The van der Waals surface area contributed by atoms with Gasteiger partial charge in [-0.1, -0.05) is 12.1 Å². The maximum atomic E-state index is 5.63. The first-order chi connectivity index (χ1) is 8.88. The number of hydrogen-bond donors (Lipinski definition) is 2. The van der Waals surface area contributed by atoms with E-state index < -0.39 is 0 Å². The topological polar surface area (TPSA) is 33.3 Å². The zero-order valence-corrected chi connectivity index (χ0v) is 11.8. The molecule has 0 radical (unpaired) electrons. The summed E-state index contributed by atoms with van der Waals surface area (Å²) < 4.78 is 5.63. The smallest absolute Gasteiger partial charge is 0.0824 e. The number of benzene rings is 1. The molecule has 1 aromatic rings. The lowest BCUT2D eigenvalue weighted by atomic mass is 10.1. The number of hydrogen-bond acceptors (Lipinski definition) is 4. The van der Waals surface area contributed by atoms with Crippen LogP contribution in [0.5, 0.6) is 0 Å². The van der Waals surface area contributed by atoms with Crippen LogP contribution in [0.15, 0.2) is 29.2 Å². The van der Waals surface area contributed by atoms with Gasteiger partial charge in [0.05, 0.1) is 12.7 Å². The third-order valence-electron chi connectivity index (χ3n) is 3.13. The van der Waals surface area contributed by atoms with Crippen molar-refractivity contribution in [3.8, 4) is 0 Å². The second-order valence-electron chi connectivity index (χ2n) is 4.50. The summed E-state index contributed by atoms with van der Waals surface area (Å²) in [6, 6.07) is 8.81. The Bertz CT molecular complexity index is 336. The highest BCUT2D eigenvalue weighted by Crippen LogP contribution is 2.14. The van der Waals surface area contributed by atoms with Crippen LogP contribution >= 0.6 is 11.8 Å². The molecule has 4 heteroatoms. The van der Waals surface area contributed by atoms with E-state index in [4.69, 9.17) is 4.74 Å². The molecule has 0 bridgehead atoms. The average molecular weight is 266 g/mol. The van der Waals surface area contributed by atoms with Gasteiger partial charge in [0, 0.05) is 24.5 Å². The van der Waals surface area contributed by atoms with E-state index in [1.807, 2.05) is 0 Å². The van der Waals surface area contributed by atoms with E-state index in [1.54, 1.807) is 11.8 Å². The van der Waals surface area contributed by atoms with Crippen molar-refractivity contribution in [2.45, 2.75) is 17.4 Å². The Hall–Kier alpha value is -0.550. The number of thioether (sulfide) groups is 1. The average Bonchev–Trinajstić information content (AvgIpc) is 2.45. The summed E-state index contributed by atoms with van der Waals surface area (Å²) in [5.41, 5.74) is 1.39. The molecule has 1 fully saturated rings. The minimum atomic E-state index is 0.331. The quantitative estimate of drug-likeness (QED) is 0.604. The number of rotatable bonds is 6. The highest BCUT2D eigenvalue weighted by Gasteiger charge is 2.11. The predicted molar refractivity (Wildman–Crippen MR) is 77.4 cm³/mol. The summed E-state index contributed by atoms with van der Waals surface area (Å²) >= 11 is 1.79. The molecule has 2 N–H and O–H groups in total. The molecular formula is C14H22N2OS. The Balaban J connectivity index is 1.62. The molecule has 2 rings (SSSR count). The van der Waals surface area contributed by atoms with Crippen molar-refractivity contribution in [1.82, 2.24) is 10.6 Å².